The van der Waals surface area contributed by atoms with E-state index in [0.717, 1.165) is 10.7 Å². The lowest BCUT2D eigenvalue weighted by Gasteiger charge is -2.15. The number of ether oxygens (including phenoxy) is 1. The topological polar surface area (TPSA) is 47.0 Å². The first kappa shape index (κ1) is 17.5. The molecule has 0 atom stereocenters. The van der Waals surface area contributed by atoms with Crippen LogP contribution in [0.3, 0.4) is 0 Å². The highest BCUT2D eigenvalue weighted by Gasteiger charge is 2.36. The summed E-state index contributed by atoms with van der Waals surface area (Å²) in [6.45, 7) is 3.82. The van der Waals surface area contributed by atoms with Gasteiger partial charge in [-0.25, -0.2) is 4.98 Å². The Morgan fingerprint density at radius 3 is 2.65 bits per heavy atom. The van der Waals surface area contributed by atoms with Crippen LogP contribution in [0.25, 0.3) is 0 Å². The average Bonchev–Trinajstić information content (AvgIpc) is 2.44. The third kappa shape index (κ3) is 5.09. The first-order valence-corrected chi connectivity index (χ1v) is 7.64. The van der Waals surface area contributed by atoms with Gasteiger partial charge in [-0.15, -0.1) is 0 Å². The minimum atomic E-state index is -4.57. The molecular formula is C15H15BrF3N3O. The Balaban J connectivity index is 2.29. The van der Waals surface area contributed by atoms with Crippen molar-refractivity contribution < 1.29 is 17.9 Å². The number of alkyl halides is 3. The molecular weight excluding hydrogens is 375 g/mol. The van der Waals surface area contributed by atoms with Gasteiger partial charge in [-0.3, -0.25) is 0 Å². The van der Waals surface area contributed by atoms with Crippen molar-refractivity contribution >= 4 is 27.6 Å². The van der Waals surface area contributed by atoms with Gasteiger partial charge in [0.2, 0.25) is 11.8 Å². The van der Waals surface area contributed by atoms with Gasteiger partial charge in [-0.05, 0) is 24.1 Å². The van der Waals surface area contributed by atoms with Crippen molar-refractivity contribution in [1.82, 2.24) is 9.97 Å². The molecule has 0 saturated carbocycles. The maximum absolute atomic E-state index is 13.0. The summed E-state index contributed by atoms with van der Waals surface area (Å²) in [7, 11) is 0. The lowest BCUT2D eigenvalue weighted by molar-refractivity contribution is -0.139. The largest absolute Gasteiger partial charge is 0.477 e. The Kier molecular flexibility index (Phi) is 5.46. The second kappa shape index (κ2) is 7.16. The molecule has 0 radical (unpaired) electrons. The molecule has 0 spiro atoms. The van der Waals surface area contributed by atoms with E-state index < -0.39 is 17.6 Å². The molecule has 1 aromatic carbocycles. The summed E-state index contributed by atoms with van der Waals surface area (Å²) in [5, 5.41) is 2.85. The van der Waals surface area contributed by atoms with Gasteiger partial charge in [0.15, 0.2) is 0 Å². The number of hydrogen-bond donors (Lipinski definition) is 1. The number of rotatable bonds is 5. The van der Waals surface area contributed by atoms with E-state index in [-0.39, 0.29) is 18.5 Å². The van der Waals surface area contributed by atoms with E-state index in [1.54, 1.807) is 18.2 Å². The Hall–Kier alpha value is -1.83. The molecule has 4 nitrogen and oxygen atoms in total. The minimum absolute atomic E-state index is 0.0369. The Morgan fingerprint density at radius 1 is 1.30 bits per heavy atom. The molecule has 0 aliphatic heterocycles. The Bertz CT molecular complexity index is 677. The molecule has 0 aliphatic carbocycles. The molecule has 2 aromatic rings. The molecule has 0 amide bonds. The summed E-state index contributed by atoms with van der Waals surface area (Å²) in [6, 6.07) is 7.12. The molecule has 0 aliphatic rings. The van der Waals surface area contributed by atoms with Gasteiger partial charge >= 0.3 is 6.18 Å². The van der Waals surface area contributed by atoms with Crippen LogP contribution in [-0.4, -0.2) is 16.6 Å². The van der Waals surface area contributed by atoms with Crippen LogP contribution < -0.4 is 10.1 Å². The van der Waals surface area contributed by atoms with E-state index in [9.17, 15) is 13.2 Å². The fraction of sp³-hybridized carbons (Fsp3) is 0.333. The van der Waals surface area contributed by atoms with Crippen LogP contribution in [0.2, 0.25) is 0 Å². The van der Waals surface area contributed by atoms with Crippen LogP contribution in [0.5, 0.6) is 5.88 Å². The summed E-state index contributed by atoms with van der Waals surface area (Å²) < 4.78 is 45.0. The van der Waals surface area contributed by atoms with Crippen LogP contribution in [-0.2, 0) is 6.18 Å². The normalized spacial score (nSPS) is 11.6. The summed E-state index contributed by atoms with van der Waals surface area (Å²) >= 11 is 3.31. The smallest absolute Gasteiger partial charge is 0.423 e. The van der Waals surface area contributed by atoms with E-state index in [0.29, 0.717) is 5.69 Å². The second-order valence-electron chi connectivity index (χ2n) is 5.25. The highest BCUT2D eigenvalue weighted by Crippen LogP contribution is 2.35. The number of benzene rings is 1. The van der Waals surface area contributed by atoms with E-state index in [2.05, 4.69) is 31.2 Å². The van der Waals surface area contributed by atoms with Crippen LogP contribution in [0.1, 0.15) is 19.4 Å². The lowest BCUT2D eigenvalue weighted by Crippen LogP contribution is -2.14. The van der Waals surface area contributed by atoms with Crippen LogP contribution in [0.4, 0.5) is 24.8 Å². The second-order valence-corrected chi connectivity index (χ2v) is 6.17. The fourth-order valence-corrected chi connectivity index (χ4v) is 2.07. The standard InChI is InChI=1S/C15H15BrF3N3O/c1-9(2)8-23-13-12(15(17,18)19)7-20-14(22-13)21-11-5-3-4-10(16)6-11/h3-7,9H,8H2,1-2H3,(H,20,21,22). The molecule has 0 saturated heterocycles. The van der Waals surface area contributed by atoms with Crippen molar-refractivity contribution in [3.63, 3.8) is 0 Å². The Morgan fingerprint density at radius 2 is 2.04 bits per heavy atom. The molecule has 2 rings (SSSR count). The molecule has 0 unspecified atom stereocenters. The molecule has 1 N–H and O–H groups in total. The van der Waals surface area contributed by atoms with Crippen LogP contribution in [0, 0.1) is 5.92 Å². The predicted molar refractivity (Wildman–Crippen MR) is 84.8 cm³/mol. The quantitative estimate of drug-likeness (QED) is 0.778. The van der Waals surface area contributed by atoms with Gasteiger partial charge in [-0.2, -0.15) is 18.2 Å². The Labute approximate surface area is 140 Å². The monoisotopic (exact) mass is 389 g/mol. The summed E-state index contributed by atoms with van der Waals surface area (Å²) in [5.41, 5.74) is -0.341. The highest BCUT2D eigenvalue weighted by atomic mass is 79.9. The number of nitrogens with zero attached hydrogens (tertiary/aromatic N) is 2. The van der Waals surface area contributed by atoms with E-state index in [1.165, 1.54) is 0 Å². The van der Waals surface area contributed by atoms with E-state index >= 15 is 0 Å². The van der Waals surface area contributed by atoms with Gasteiger partial charge in [0.1, 0.15) is 5.56 Å². The number of anilines is 2. The zero-order chi connectivity index (χ0) is 17.0. The maximum atomic E-state index is 13.0. The fourth-order valence-electron chi connectivity index (χ4n) is 1.67. The third-order valence-corrected chi connectivity index (χ3v) is 3.19. The zero-order valence-electron chi connectivity index (χ0n) is 12.5. The molecule has 124 valence electrons. The van der Waals surface area contributed by atoms with Crippen molar-refractivity contribution in [2.24, 2.45) is 5.92 Å². The molecule has 8 heteroatoms. The summed E-state index contributed by atoms with van der Waals surface area (Å²) in [4.78, 5) is 7.58. The predicted octanol–water partition coefficient (Wildman–Crippen LogP) is 5.04. The highest BCUT2D eigenvalue weighted by molar-refractivity contribution is 9.10. The SMILES string of the molecule is CC(C)COc1nc(Nc2cccc(Br)c2)ncc1C(F)(F)F. The molecule has 0 fully saturated rings. The van der Waals surface area contributed by atoms with Gasteiger partial charge < -0.3 is 10.1 Å². The van der Waals surface area contributed by atoms with Gasteiger partial charge in [-0.1, -0.05) is 35.8 Å². The molecule has 23 heavy (non-hydrogen) atoms. The van der Waals surface area contributed by atoms with Crippen molar-refractivity contribution in [3.8, 4) is 5.88 Å². The van der Waals surface area contributed by atoms with Crippen molar-refractivity contribution in [3.05, 3.63) is 40.5 Å². The molecule has 0 bridgehead atoms. The number of nitrogens with one attached hydrogen (secondary N) is 1. The third-order valence-electron chi connectivity index (χ3n) is 2.69. The molecule has 1 heterocycles. The van der Waals surface area contributed by atoms with Crippen LogP contribution in [0.15, 0.2) is 34.9 Å². The summed E-state index contributed by atoms with van der Waals surface area (Å²) in [6.07, 6.45) is -3.84. The zero-order valence-corrected chi connectivity index (χ0v) is 14.1. The van der Waals surface area contributed by atoms with Crippen molar-refractivity contribution in [1.29, 1.82) is 0 Å². The summed E-state index contributed by atoms with van der Waals surface area (Å²) in [5.74, 6) is -0.360. The maximum Gasteiger partial charge on any atom is 0.423 e. The number of hydrogen-bond acceptors (Lipinski definition) is 4. The van der Waals surface area contributed by atoms with Crippen LogP contribution >= 0.6 is 15.9 Å². The molecule has 1 aromatic heterocycles. The van der Waals surface area contributed by atoms with Crippen molar-refractivity contribution in [2.45, 2.75) is 20.0 Å². The van der Waals surface area contributed by atoms with Gasteiger partial charge in [0.25, 0.3) is 0 Å². The minimum Gasteiger partial charge on any atom is -0.477 e. The lowest BCUT2D eigenvalue weighted by atomic mass is 10.2. The van der Waals surface area contributed by atoms with E-state index in [4.69, 9.17) is 4.74 Å². The van der Waals surface area contributed by atoms with Gasteiger partial charge in [0.05, 0.1) is 6.61 Å². The average molecular weight is 390 g/mol. The first-order valence-electron chi connectivity index (χ1n) is 6.85. The van der Waals surface area contributed by atoms with Crippen molar-refractivity contribution in [2.75, 3.05) is 11.9 Å². The number of aromatic nitrogens is 2. The number of halogens is 4. The van der Waals surface area contributed by atoms with Gasteiger partial charge in [0, 0.05) is 16.4 Å². The van der Waals surface area contributed by atoms with E-state index in [1.807, 2.05) is 19.9 Å². The first-order chi connectivity index (χ1) is 10.8.